The number of fused-ring (bicyclic) bond motifs is 1. The molecule has 0 spiro atoms. The van der Waals surface area contributed by atoms with Crippen LogP contribution in [-0.2, 0) is 6.54 Å². The van der Waals surface area contributed by atoms with E-state index < -0.39 is 5.82 Å². The van der Waals surface area contributed by atoms with E-state index in [1.807, 2.05) is 37.6 Å². The molecule has 8 heteroatoms. The molecule has 1 aliphatic heterocycles. The third-order valence-electron chi connectivity index (χ3n) is 7.17. The Labute approximate surface area is 216 Å². The molecule has 1 fully saturated rings. The zero-order valence-electron chi connectivity index (χ0n) is 21.1. The number of benzene rings is 2. The summed E-state index contributed by atoms with van der Waals surface area (Å²) in [5.41, 5.74) is 6.09. The number of halogens is 1. The number of imidazole rings is 1. The van der Waals surface area contributed by atoms with Crippen molar-refractivity contribution in [1.29, 1.82) is 5.41 Å². The second-order valence-electron chi connectivity index (χ2n) is 9.61. The number of nitrogens with zero attached hydrogens (tertiary/aromatic N) is 5. The highest BCUT2D eigenvalue weighted by Gasteiger charge is 2.22. The number of hydrogen-bond donors (Lipinski definition) is 2. The SMILES string of the molecule is [C-]#[N+]c1ccc(-c2c(-c3ccc(NCC)c(C=N)c3)ncc3c2ncn3CC2CCN(C)CC2)cc1F. The molecule has 0 aliphatic carbocycles. The molecule has 2 N–H and O–H groups in total. The second kappa shape index (κ2) is 10.5. The van der Waals surface area contributed by atoms with Crippen LogP contribution in [0.15, 0.2) is 48.9 Å². The Morgan fingerprint density at radius 3 is 2.65 bits per heavy atom. The Morgan fingerprint density at radius 2 is 1.95 bits per heavy atom. The normalized spacial score (nSPS) is 14.5. The van der Waals surface area contributed by atoms with Crippen LogP contribution in [0.5, 0.6) is 0 Å². The molecular weight excluding hydrogens is 465 g/mol. The summed E-state index contributed by atoms with van der Waals surface area (Å²) in [6, 6.07) is 10.5. The van der Waals surface area contributed by atoms with Gasteiger partial charge in [0.05, 0.1) is 30.3 Å². The van der Waals surface area contributed by atoms with Gasteiger partial charge >= 0.3 is 0 Å². The number of rotatable bonds is 7. The Hall–Kier alpha value is -4.09. The van der Waals surface area contributed by atoms with Gasteiger partial charge in [0.2, 0.25) is 5.69 Å². The molecule has 0 saturated carbocycles. The first-order valence-corrected chi connectivity index (χ1v) is 12.6. The van der Waals surface area contributed by atoms with Crippen LogP contribution in [0.2, 0.25) is 0 Å². The van der Waals surface area contributed by atoms with Crippen LogP contribution in [0.25, 0.3) is 38.3 Å². The van der Waals surface area contributed by atoms with E-state index in [0.717, 1.165) is 72.4 Å². The zero-order chi connectivity index (χ0) is 25.9. The van der Waals surface area contributed by atoms with Crippen LogP contribution in [0, 0.1) is 23.7 Å². The minimum atomic E-state index is -0.566. The number of hydrogen-bond acceptors (Lipinski definition) is 5. The molecule has 0 unspecified atom stereocenters. The molecule has 2 aromatic carbocycles. The number of likely N-dealkylation sites (tertiary alicyclic amines) is 1. The van der Waals surface area contributed by atoms with Crippen molar-refractivity contribution in [2.75, 3.05) is 32.0 Å². The van der Waals surface area contributed by atoms with Crippen LogP contribution in [0.3, 0.4) is 0 Å². The van der Waals surface area contributed by atoms with Gasteiger partial charge in [-0.25, -0.2) is 14.2 Å². The van der Waals surface area contributed by atoms with Crippen LogP contribution in [0.1, 0.15) is 25.3 Å². The zero-order valence-corrected chi connectivity index (χ0v) is 21.1. The maximum atomic E-state index is 14.8. The monoisotopic (exact) mass is 495 g/mol. The van der Waals surface area contributed by atoms with Gasteiger partial charge in [0.1, 0.15) is 11.3 Å². The van der Waals surface area contributed by atoms with Gasteiger partial charge in [-0.05, 0) is 69.6 Å². The molecule has 0 atom stereocenters. The van der Waals surface area contributed by atoms with Crippen molar-refractivity contribution in [3.8, 4) is 22.4 Å². The average Bonchev–Trinajstić information content (AvgIpc) is 3.32. The fourth-order valence-electron chi connectivity index (χ4n) is 5.12. The number of aromatic nitrogens is 3. The maximum Gasteiger partial charge on any atom is 0.222 e. The lowest BCUT2D eigenvalue weighted by molar-refractivity contribution is 0.206. The molecule has 0 amide bonds. The molecule has 37 heavy (non-hydrogen) atoms. The van der Waals surface area contributed by atoms with Crippen molar-refractivity contribution in [2.24, 2.45) is 5.92 Å². The number of nitrogens with one attached hydrogen (secondary N) is 2. The second-order valence-corrected chi connectivity index (χ2v) is 9.61. The third kappa shape index (κ3) is 4.83. The minimum Gasteiger partial charge on any atom is -0.385 e. The fourth-order valence-corrected chi connectivity index (χ4v) is 5.12. The quantitative estimate of drug-likeness (QED) is 0.236. The van der Waals surface area contributed by atoms with Crippen LogP contribution >= 0.6 is 0 Å². The molecule has 2 aromatic heterocycles. The summed E-state index contributed by atoms with van der Waals surface area (Å²) in [6.45, 7) is 13.0. The molecular formula is C29H30FN7. The summed E-state index contributed by atoms with van der Waals surface area (Å²) in [5, 5.41) is 11.2. The standard InChI is InChI=1S/C29H30FN7/c1-4-33-24-7-6-21(13-22(24)15-31)28-27(20-5-8-25(32-2)23(30)14-20)29-26(16-34-28)37(18-35-29)17-19-9-11-36(3)12-10-19/h5-8,13-16,18-19,31,33H,4,9-12,17H2,1,3H3. The summed E-state index contributed by atoms with van der Waals surface area (Å²) in [5.74, 6) is 0.00441. The molecule has 0 radical (unpaired) electrons. The van der Waals surface area contributed by atoms with E-state index in [0.29, 0.717) is 17.2 Å². The van der Waals surface area contributed by atoms with E-state index in [-0.39, 0.29) is 5.69 Å². The smallest absolute Gasteiger partial charge is 0.222 e. The van der Waals surface area contributed by atoms with Crippen molar-refractivity contribution in [3.63, 3.8) is 0 Å². The predicted molar refractivity (Wildman–Crippen MR) is 147 cm³/mol. The van der Waals surface area contributed by atoms with Gasteiger partial charge in [0, 0.05) is 41.7 Å². The minimum absolute atomic E-state index is 0.0145. The molecule has 5 rings (SSSR count). The van der Waals surface area contributed by atoms with Crippen molar-refractivity contribution >= 4 is 28.6 Å². The Bertz CT molecular complexity index is 1490. The lowest BCUT2D eigenvalue weighted by atomic mass is 9.95. The number of piperidine rings is 1. The van der Waals surface area contributed by atoms with Crippen molar-refractivity contribution in [2.45, 2.75) is 26.3 Å². The lowest BCUT2D eigenvalue weighted by Crippen LogP contribution is -2.31. The Morgan fingerprint density at radius 1 is 1.16 bits per heavy atom. The van der Waals surface area contributed by atoms with Gasteiger partial charge in [-0.15, -0.1) is 0 Å². The van der Waals surface area contributed by atoms with E-state index in [4.69, 9.17) is 21.9 Å². The largest absolute Gasteiger partial charge is 0.385 e. The van der Waals surface area contributed by atoms with Crippen LogP contribution in [-0.4, -0.2) is 52.3 Å². The summed E-state index contributed by atoms with van der Waals surface area (Å²) in [6.07, 6.45) is 7.31. The number of anilines is 1. The highest BCUT2D eigenvalue weighted by Crippen LogP contribution is 2.38. The fraction of sp³-hybridized carbons (Fsp3) is 0.310. The summed E-state index contributed by atoms with van der Waals surface area (Å²) < 4.78 is 16.9. The molecule has 0 bridgehead atoms. The third-order valence-corrected chi connectivity index (χ3v) is 7.17. The van der Waals surface area contributed by atoms with E-state index in [1.54, 1.807) is 6.07 Å². The van der Waals surface area contributed by atoms with Gasteiger partial charge in [0.25, 0.3) is 0 Å². The molecule has 1 aliphatic rings. The average molecular weight is 496 g/mol. The highest BCUT2D eigenvalue weighted by molar-refractivity contribution is 6.00. The molecule has 3 heterocycles. The molecule has 7 nitrogen and oxygen atoms in total. The van der Waals surface area contributed by atoms with E-state index >= 15 is 0 Å². The predicted octanol–water partition coefficient (Wildman–Crippen LogP) is 6.23. The summed E-state index contributed by atoms with van der Waals surface area (Å²) in [4.78, 5) is 15.3. The van der Waals surface area contributed by atoms with Crippen molar-refractivity contribution in [1.82, 2.24) is 19.4 Å². The van der Waals surface area contributed by atoms with Gasteiger partial charge in [0.15, 0.2) is 0 Å². The first kappa shape index (κ1) is 24.6. The van der Waals surface area contributed by atoms with Gasteiger partial charge in [-0.2, -0.15) is 0 Å². The molecule has 1 saturated heterocycles. The summed E-state index contributed by atoms with van der Waals surface area (Å²) >= 11 is 0. The van der Waals surface area contributed by atoms with Gasteiger partial charge < -0.3 is 20.2 Å². The van der Waals surface area contributed by atoms with Crippen molar-refractivity contribution < 1.29 is 4.39 Å². The van der Waals surface area contributed by atoms with Gasteiger partial charge in [-0.1, -0.05) is 18.2 Å². The molecule has 188 valence electrons. The highest BCUT2D eigenvalue weighted by atomic mass is 19.1. The summed E-state index contributed by atoms with van der Waals surface area (Å²) in [7, 11) is 2.16. The first-order valence-electron chi connectivity index (χ1n) is 12.6. The van der Waals surface area contributed by atoms with Crippen molar-refractivity contribution in [3.05, 3.63) is 71.7 Å². The lowest BCUT2D eigenvalue weighted by Gasteiger charge is -2.29. The van der Waals surface area contributed by atoms with Crippen LogP contribution < -0.4 is 5.32 Å². The van der Waals surface area contributed by atoms with Gasteiger partial charge in [-0.3, -0.25) is 4.98 Å². The Kier molecular flexibility index (Phi) is 6.97. The first-order chi connectivity index (χ1) is 18.0. The van der Waals surface area contributed by atoms with E-state index in [9.17, 15) is 4.39 Å². The van der Waals surface area contributed by atoms with E-state index in [1.165, 1.54) is 18.3 Å². The number of pyridine rings is 1. The van der Waals surface area contributed by atoms with E-state index in [2.05, 4.69) is 26.7 Å². The topological polar surface area (TPSA) is 74.2 Å². The maximum absolute atomic E-state index is 14.8. The Balaban J connectivity index is 1.65. The molecule has 4 aromatic rings. The van der Waals surface area contributed by atoms with Crippen LogP contribution in [0.4, 0.5) is 15.8 Å².